The Balaban J connectivity index is 1.52. The lowest BCUT2D eigenvalue weighted by molar-refractivity contribution is -0.129. The number of nitrogens with zero attached hydrogens (tertiary/aromatic N) is 1. The topological polar surface area (TPSA) is 83.5 Å². The number of nitrogens with one attached hydrogen (secondary N) is 1. The second-order valence-corrected chi connectivity index (χ2v) is 8.92. The number of amides is 2. The molecular formula is C17H21FN2O4S. The van der Waals surface area contributed by atoms with Crippen molar-refractivity contribution in [3.05, 3.63) is 35.6 Å². The quantitative estimate of drug-likeness (QED) is 0.821. The fourth-order valence-electron chi connectivity index (χ4n) is 3.35. The highest BCUT2D eigenvalue weighted by Gasteiger charge is 2.36. The molecule has 2 fully saturated rings. The van der Waals surface area contributed by atoms with E-state index in [2.05, 4.69) is 5.32 Å². The smallest absolute Gasteiger partial charge is 0.225 e. The second-order valence-electron chi connectivity index (χ2n) is 6.69. The molecule has 2 aliphatic rings. The number of hydrogen-bond acceptors (Lipinski definition) is 4. The van der Waals surface area contributed by atoms with E-state index in [-0.39, 0.29) is 41.6 Å². The van der Waals surface area contributed by atoms with Crippen molar-refractivity contribution >= 4 is 21.7 Å². The van der Waals surface area contributed by atoms with Crippen LogP contribution in [-0.4, -0.2) is 55.8 Å². The maximum absolute atomic E-state index is 13.6. The van der Waals surface area contributed by atoms with E-state index in [0.29, 0.717) is 31.5 Å². The van der Waals surface area contributed by atoms with Crippen LogP contribution in [0.4, 0.5) is 4.39 Å². The summed E-state index contributed by atoms with van der Waals surface area (Å²) < 4.78 is 36.5. The number of carbonyl (C=O) groups is 2. The van der Waals surface area contributed by atoms with E-state index in [9.17, 15) is 22.4 Å². The van der Waals surface area contributed by atoms with Gasteiger partial charge in [-0.25, -0.2) is 12.8 Å². The lowest BCUT2D eigenvalue weighted by Gasteiger charge is -2.18. The fourth-order valence-corrected chi connectivity index (χ4v) is 5.02. The number of rotatable bonds is 5. The molecule has 2 heterocycles. The largest absolute Gasteiger partial charge is 0.352 e. The van der Waals surface area contributed by atoms with E-state index < -0.39 is 15.8 Å². The van der Waals surface area contributed by atoms with Gasteiger partial charge in [0.05, 0.1) is 17.4 Å². The van der Waals surface area contributed by atoms with Crippen LogP contribution >= 0.6 is 0 Å². The van der Waals surface area contributed by atoms with Gasteiger partial charge in [-0.3, -0.25) is 9.59 Å². The van der Waals surface area contributed by atoms with Crippen molar-refractivity contribution in [3.63, 3.8) is 0 Å². The van der Waals surface area contributed by atoms with Gasteiger partial charge in [-0.15, -0.1) is 0 Å². The molecule has 0 saturated carbocycles. The normalized spacial score (nSPS) is 25.3. The molecule has 0 aliphatic carbocycles. The van der Waals surface area contributed by atoms with Gasteiger partial charge in [0.1, 0.15) is 5.82 Å². The van der Waals surface area contributed by atoms with Crippen LogP contribution < -0.4 is 5.32 Å². The molecule has 25 heavy (non-hydrogen) atoms. The van der Waals surface area contributed by atoms with E-state index in [1.165, 1.54) is 6.07 Å². The first-order valence-electron chi connectivity index (χ1n) is 8.36. The van der Waals surface area contributed by atoms with Crippen LogP contribution in [0.15, 0.2) is 24.3 Å². The van der Waals surface area contributed by atoms with Crippen LogP contribution in [0.5, 0.6) is 0 Å². The molecule has 136 valence electrons. The molecule has 2 unspecified atom stereocenters. The third kappa shape index (κ3) is 4.36. The van der Waals surface area contributed by atoms with E-state index in [1.54, 1.807) is 23.1 Å². The minimum atomic E-state index is -3.06. The molecule has 6 nitrogen and oxygen atoms in total. The highest BCUT2D eigenvalue weighted by atomic mass is 32.2. The summed E-state index contributed by atoms with van der Waals surface area (Å²) in [6.07, 6.45) is 0.932. The summed E-state index contributed by atoms with van der Waals surface area (Å²) in [5, 5.41) is 2.74. The molecule has 0 spiro atoms. The van der Waals surface area contributed by atoms with E-state index in [1.807, 2.05) is 0 Å². The van der Waals surface area contributed by atoms with E-state index >= 15 is 0 Å². The zero-order valence-corrected chi connectivity index (χ0v) is 14.6. The van der Waals surface area contributed by atoms with Crippen LogP contribution in [0.1, 0.15) is 18.4 Å². The van der Waals surface area contributed by atoms with Crippen molar-refractivity contribution in [1.82, 2.24) is 10.2 Å². The Hall–Kier alpha value is -1.96. The molecule has 2 aliphatic heterocycles. The van der Waals surface area contributed by atoms with Gasteiger partial charge in [-0.2, -0.15) is 0 Å². The maximum atomic E-state index is 13.6. The third-order valence-corrected chi connectivity index (χ3v) is 6.54. The third-order valence-electron chi connectivity index (χ3n) is 4.77. The van der Waals surface area contributed by atoms with E-state index in [0.717, 1.165) is 0 Å². The molecule has 0 bridgehead atoms. The molecule has 1 aromatic rings. The van der Waals surface area contributed by atoms with Gasteiger partial charge in [-0.1, -0.05) is 18.2 Å². The molecule has 1 aromatic carbocycles. The van der Waals surface area contributed by atoms with Gasteiger partial charge in [0.2, 0.25) is 11.8 Å². The maximum Gasteiger partial charge on any atom is 0.225 e. The fraction of sp³-hybridized carbons (Fsp3) is 0.529. The summed E-state index contributed by atoms with van der Waals surface area (Å²) in [5.41, 5.74) is 0.541. The molecular weight excluding hydrogens is 347 g/mol. The summed E-state index contributed by atoms with van der Waals surface area (Å²) in [4.78, 5) is 26.0. The van der Waals surface area contributed by atoms with Gasteiger partial charge in [0.15, 0.2) is 9.84 Å². The van der Waals surface area contributed by atoms with Crippen LogP contribution in [-0.2, 0) is 25.8 Å². The lowest BCUT2D eigenvalue weighted by atomic mass is 10.1. The van der Waals surface area contributed by atoms with Crippen molar-refractivity contribution in [2.75, 3.05) is 24.6 Å². The molecule has 8 heteroatoms. The number of likely N-dealkylation sites (tertiary alicyclic amines) is 1. The Morgan fingerprint density at radius 1 is 1.32 bits per heavy atom. The summed E-state index contributed by atoms with van der Waals surface area (Å²) in [6.45, 7) is 0.653. The van der Waals surface area contributed by atoms with Crippen LogP contribution in [0, 0.1) is 11.7 Å². The summed E-state index contributed by atoms with van der Waals surface area (Å²) in [7, 11) is -3.06. The summed E-state index contributed by atoms with van der Waals surface area (Å²) in [6, 6.07) is 6.06. The van der Waals surface area contributed by atoms with E-state index in [4.69, 9.17) is 0 Å². The van der Waals surface area contributed by atoms with Crippen molar-refractivity contribution in [2.45, 2.75) is 25.3 Å². The first kappa shape index (κ1) is 17.8. The summed E-state index contributed by atoms with van der Waals surface area (Å²) in [5.74, 6) is -1.12. The zero-order valence-electron chi connectivity index (χ0n) is 13.8. The highest BCUT2D eigenvalue weighted by molar-refractivity contribution is 7.91. The lowest BCUT2D eigenvalue weighted by Crippen LogP contribution is -2.40. The van der Waals surface area contributed by atoms with Gasteiger partial charge in [0, 0.05) is 25.6 Å². The second kappa shape index (κ2) is 7.11. The number of benzene rings is 1. The Kier molecular flexibility index (Phi) is 5.08. The van der Waals surface area contributed by atoms with Crippen molar-refractivity contribution in [1.29, 1.82) is 0 Å². The van der Waals surface area contributed by atoms with Crippen molar-refractivity contribution in [2.24, 2.45) is 5.92 Å². The van der Waals surface area contributed by atoms with Gasteiger partial charge in [-0.05, 0) is 24.5 Å². The van der Waals surface area contributed by atoms with Gasteiger partial charge >= 0.3 is 0 Å². The monoisotopic (exact) mass is 368 g/mol. The van der Waals surface area contributed by atoms with Gasteiger partial charge in [0.25, 0.3) is 0 Å². The van der Waals surface area contributed by atoms with Crippen LogP contribution in [0.3, 0.4) is 0 Å². The van der Waals surface area contributed by atoms with Gasteiger partial charge < -0.3 is 10.2 Å². The molecule has 1 N–H and O–H groups in total. The number of sulfone groups is 1. The minimum absolute atomic E-state index is 0.0313. The molecule has 3 rings (SSSR count). The Labute approximate surface area is 146 Å². The standard InChI is InChI=1S/C17H21FN2O4S/c18-15-4-2-1-3-12(15)5-7-20-10-13(9-16(20)21)17(22)19-14-6-8-25(23,24)11-14/h1-4,13-14H,5-11H2,(H,19,22). The number of hydrogen-bond donors (Lipinski definition) is 1. The Morgan fingerprint density at radius 3 is 2.76 bits per heavy atom. The molecule has 2 atom stereocenters. The minimum Gasteiger partial charge on any atom is -0.352 e. The number of carbonyl (C=O) groups excluding carboxylic acids is 2. The predicted molar refractivity (Wildman–Crippen MR) is 90.0 cm³/mol. The average Bonchev–Trinajstić information content (AvgIpc) is 3.09. The zero-order chi connectivity index (χ0) is 18.0. The first-order chi connectivity index (χ1) is 11.8. The Bertz CT molecular complexity index is 781. The SMILES string of the molecule is O=C(NC1CCS(=O)(=O)C1)C1CC(=O)N(CCc2ccccc2F)C1. The van der Waals surface area contributed by atoms with Crippen LogP contribution in [0.2, 0.25) is 0 Å². The van der Waals surface area contributed by atoms with Crippen molar-refractivity contribution < 1.29 is 22.4 Å². The average molecular weight is 368 g/mol. The molecule has 2 saturated heterocycles. The van der Waals surface area contributed by atoms with Crippen LogP contribution in [0.25, 0.3) is 0 Å². The predicted octanol–water partition coefficient (Wildman–Crippen LogP) is 0.520. The molecule has 0 aromatic heterocycles. The molecule has 0 radical (unpaired) electrons. The highest BCUT2D eigenvalue weighted by Crippen LogP contribution is 2.20. The first-order valence-corrected chi connectivity index (χ1v) is 10.2. The summed E-state index contributed by atoms with van der Waals surface area (Å²) >= 11 is 0. The van der Waals surface area contributed by atoms with Crippen molar-refractivity contribution in [3.8, 4) is 0 Å². The number of halogens is 1. The molecule has 2 amide bonds. The Morgan fingerprint density at radius 2 is 2.08 bits per heavy atom.